The summed E-state index contributed by atoms with van der Waals surface area (Å²) in [6.45, 7) is 1.20. The summed E-state index contributed by atoms with van der Waals surface area (Å²) in [5, 5.41) is 2.93. The van der Waals surface area contributed by atoms with E-state index in [2.05, 4.69) is 10.1 Å². The third-order valence-electron chi connectivity index (χ3n) is 2.03. The van der Waals surface area contributed by atoms with Gasteiger partial charge in [0.2, 0.25) is 0 Å². The van der Waals surface area contributed by atoms with E-state index in [1.807, 2.05) is 0 Å². The van der Waals surface area contributed by atoms with Crippen molar-refractivity contribution in [3.05, 3.63) is 34.2 Å². The summed E-state index contributed by atoms with van der Waals surface area (Å²) in [6.07, 6.45) is 1.64. The van der Waals surface area contributed by atoms with Crippen molar-refractivity contribution in [2.45, 2.75) is 6.54 Å². The molecule has 5 nitrogen and oxygen atoms in total. The zero-order valence-electron chi connectivity index (χ0n) is 8.82. The van der Waals surface area contributed by atoms with Crippen LogP contribution < -0.4 is 10.9 Å². The Kier molecular flexibility index (Phi) is 4.05. The molecule has 82 valence electrons. The van der Waals surface area contributed by atoms with Crippen LogP contribution in [-0.4, -0.2) is 31.2 Å². The summed E-state index contributed by atoms with van der Waals surface area (Å²) in [5.41, 5.74) is -0.254. The average molecular weight is 210 g/mol. The highest BCUT2D eigenvalue weighted by molar-refractivity contribution is 5.88. The first-order chi connectivity index (χ1) is 7.20. The Morgan fingerprint density at radius 2 is 2.33 bits per heavy atom. The van der Waals surface area contributed by atoms with Crippen molar-refractivity contribution < 1.29 is 9.53 Å². The molecule has 0 bridgehead atoms. The molecular formula is C10H14N2O3. The zero-order chi connectivity index (χ0) is 11.3. The lowest BCUT2D eigenvalue weighted by molar-refractivity contribution is 0.0598. The minimum absolute atomic E-state index is 0.0658. The van der Waals surface area contributed by atoms with Crippen LogP contribution in [-0.2, 0) is 11.3 Å². The average Bonchev–Trinajstić information content (AvgIpc) is 2.27. The molecule has 1 heterocycles. The van der Waals surface area contributed by atoms with Crippen LogP contribution in [0.15, 0.2) is 23.1 Å². The Hall–Kier alpha value is -1.62. The predicted molar refractivity (Wildman–Crippen MR) is 56.0 cm³/mol. The number of rotatable bonds is 4. The van der Waals surface area contributed by atoms with Gasteiger partial charge in [-0.3, -0.25) is 4.79 Å². The molecule has 1 aromatic rings. The number of nitrogens with one attached hydrogen (secondary N) is 1. The number of nitrogens with zero attached hydrogens (tertiary/aromatic N) is 1. The number of methoxy groups -OCH3 is 1. The number of esters is 1. The number of hydrogen-bond donors (Lipinski definition) is 1. The van der Waals surface area contributed by atoms with Crippen LogP contribution in [0, 0.1) is 0 Å². The molecule has 0 fully saturated rings. The Morgan fingerprint density at radius 3 is 2.93 bits per heavy atom. The highest BCUT2D eigenvalue weighted by atomic mass is 16.5. The Morgan fingerprint density at radius 1 is 1.60 bits per heavy atom. The monoisotopic (exact) mass is 210 g/mol. The summed E-state index contributed by atoms with van der Waals surface area (Å²) in [5.74, 6) is -0.598. The molecule has 1 rings (SSSR count). The summed E-state index contributed by atoms with van der Waals surface area (Å²) in [6, 6.07) is 3.12. The molecule has 0 radical (unpaired) electrons. The number of ether oxygens (including phenoxy) is 1. The fourth-order valence-electron chi connectivity index (χ4n) is 1.21. The summed E-state index contributed by atoms with van der Waals surface area (Å²) >= 11 is 0. The predicted octanol–water partition coefficient (Wildman–Crippen LogP) is -0.146. The fraction of sp³-hybridized carbons (Fsp3) is 0.400. The van der Waals surface area contributed by atoms with Crippen LogP contribution in [0.25, 0.3) is 0 Å². The minimum Gasteiger partial charge on any atom is -0.465 e. The number of carbonyl (C=O) groups excluding carboxylic acids is 1. The van der Waals surface area contributed by atoms with Crippen LogP contribution >= 0.6 is 0 Å². The van der Waals surface area contributed by atoms with Crippen molar-refractivity contribution in [1.29, 1.82) is 0 Å². The number of carbonyl (C=O) groups is 1. The first-order valence-electron chi connectivity index (χ1n) is 4.63. The van der Waals surface area contributed by atoms with E-state index in [1.54, 1.807) is 19.3 Å². The molecule has 0 amide bonds. The summed E-state index contributed by atoms with van der Waals surface area (Å²) in [7, 11) is 3.06. The van der Waals surface area contributed by atoms with E-state index in [0.717, 1.165) is 0 Å². The van der Waals surface area contributed by atoms with Gasteiger partial charge in [-0.25, -0.2) is 4.79 Å². The maximum absolute atomic E-state index is 11.7. The lowest BCUT2D eigenvalue weighted by atomic mass is 10.3. The second-order valence-electron chi connectivity index (χ2n) is 3.02. The highest BCUT2D eigenvalue weighted by Gasteiger charge is 2.11. The lowest BCUT2D eigenvalue weighted by Crippen LogP contribution is -2.29. The third kappa shape index (κ3) is 2.66. The zero-order valence-corrected chi connectivity index (χ0v) is 8.82. The van der Waals surface area contributed by atoms with Gasteiger partial charge in [-0.1, -0.05) is 0 Å². The molecule has 0 aromatic carbocycles. The number of aromatic nitrogens is 1. The van der Waals surface area contributed by atoms with Gasteiger partial charge in [0.1, 0.15) is 5.56 Å². The van der Waals surface area contributed by atoms with Crippen LogP contribution in [0.2, 0.25) is 0 Å². The van der Waals surface area contributed by atoms with Gasteiger partial charge in [0.25, 0.3) is 5.56 Å². The maximum Gasteiger partial charge on any atom is 0.343 e. The molecule has 0 unspecified atom stereocenters. The van der Waals surface area contributed by atoms with Gasteiger partial charge in [-0.2, -0.15) is 0 Å². The minimum atomic E-state index is -0.598. The summed E-state index contributed by atoms with van der Waals surface area (Å²) in [4.78, 5) is 22.9. The van der Waals surface area contributed by atoms with E-state index >= 15 is 0 Å². The maximum atomic E-state index is 11.7. The number of hydrogen-bond acceptors (Lipinski definition) is 4. The van der Waals surface area contributed by atoms with Gasteiger partial charge >= 0.3 is 5.97 Å². The van der Waals surface area contributed by atoms with Gasteiger partial charge in [-0.15, -0.1) is 0 Å². The van der Waals surface area contributed by atoms with Crippen LogP contribution in [0.5, 0.6) is 0 Å². The largest absolute Gasteiger partial charge is 0.465 e. The Bertz CT molecular complexity index is 398. The molecule has 0 aliphatic rings. The van der Waals surface area contributed by atoms with Crippen LogP contribution in [0.4, 0.5) is 0 Å². The van der Waals surface area contributed by atoms with Crippen molar-refractivity contribution in [2.75, 3.05) is 20.7 Å². The van der Waals surface area contributed by atoms with E-state index in [9.17, 15) is 9.59 Å². The van der Waals surface area contributed by atoms with Gasteiger partial charge in [0, 0.05) is 19.3 Å². The molecule has 0 spiro atoms. The van der Waals surface area contributed by atoms with Gasteiger partial charge in [0.15, 0.2) is 0 Å². The molecule has 0 saturated heterocycles. The van der Waals surface area contributed by atoms with Crippen LogP contribution in [0.1, 0.15) is 10.4 Å². The van der Waals surface area contributed by atoms with E-state index < -0.39 is 5.97 Å². The quantitative estimate of drug-likeness (QED) is 0.702. The molecule has 0 aliphatic heterocycles. The topological polar surface area (TPSA) is 60.3 Å². The second-order valence-corrected chi connectivity index (χ2v) is 3.02. The second kappa shape index (κ2) is 5.31. The smallest absolute Gasteiger partial charge is 0.343 e. The van der Waals surface area contributed by atoms with Crippen molar-refractivity contribution in [3.8, 4) is 0 Å². The summed E-state index contributed by atoms with van der Waals surface area (Å²) < 4.78 is 5.98. The fourth-order valence-corrected chi connectivity index (χ4v) is 1.21. The van der Waals surface area contributed by atoms with E-state index in [0.29, 0.717) is 13.1 Å². The highest BCUT2D eigenvalue weighted by Crippen LogP contribution is 1.94. The first kappa shape index (κ1) is 11.5. The molecule has 0 saturated carbocycles. The van der Waals surface area contributed by atoms with Crippen molar-refractivity contribution >= 4 is 5.97 Å². The molecule has 1 aromatic heterocycles. The SMILES string of the molecule is CNCCn1cccc(C(=O)OC)c1=O. The van der Waals surface area contributed by atoms with Gasteiger partial charge in [-0.05, 0) is 19.2 Å². The first-order valence-corrected chi connectivity index (χ1v) is 4.63. The molecule has 0 aliphatic carbocycles. The van der Waals surface area contributed by atoms with E-state index in [1.165, 1.54) is 17.7 Å². The van der Waals surface area contributed by atoms with E-state index in [-0.39, 0.29) is 11.1 Å². The van der Waals surface area contributed by atoms with Crippen LogP contribution in [0.3, 0.4) is 0 Å². The van der Waals surface area contributed by atoms with Crippen molar-refractivity contribution in [1.82, 2.24) is 9.88 Å². The standard InChI is InChI=1S/C10H14N2O3/c1-11-5-7-12-6-3-4-8(9(12)13)10(14)15-2/h3-4,6,11H,5,7H2,1-2H3. The molecule has 0 atom stereocenters. The third-order valence-corrected chi connectivity index (χ3v) is 2.03. The van der Waals surface area contributed by atoms with E-state index in [4.69, 9.17) is 0 Å². The van der Waals surface area contributed by atoms with Gasteiger partial charge in [0.05, 0.1) is 7.11 Å². The van der Waals surface area contributed by atoms with Crippen molar-refractivity contribution in [3.63, 3.8) is 0 Å². The van der Waals surface area contributed by atoms with Crippen molar-refractivity contribution in [2.24, 2.45) is 0 Å². The lowest BCUT2D eigenvalue weighted by Gasteiger charge is -2.06. The normalized spacial score (nSPS) is 10.0. The Labute approximate surface area is 87.7 Å². The number of pyridine rings is 1. The molecule has 15 heavy (non-hydrogen) atoms. The molecule has 1 N–H and O–H groups in total. The molecule has 5 heteroatoms. The number of likely N-dealkylation sites (N-methyl/N-ethyl adjacent to an activating group) is 1. The van der Waals surface area contributed by atoms with Gasteiger partial charge < -0.3 is 14.6 Å². The molecular weight excluding hydrogens is 196 g/mol. The Balaban J connectivity index is 3.01.